The van der Waals surface area contributed by atoms with Crippen LogP contribution in [0.5, 0.6) is 0 Å². The number of fused-ring (bicyclic) bond motifs is 1. The van der Waals surface area contributed by atoms with Gasteiger partial charge in [-0.15, -0.1) is 14.8 Å². The highest BCUT2D eigenvalue weighted by Gasteiger charge is 2.17. The fourth-order valence-corrected chi connectivity index (χ4v) is 3.33. The number of hydrogen-bond donors (Lipinski definition) is 1. The zero-order chi connectivity index (χ0) is 17.1. The summed E-state index contributed by atoms with van der Waals surface area (Å²) in [6.07, 6.45) is 4.01. The lowest BCUT2D eigenvalue weighted by atomic mass is 10.0. The molecule has 1 aliphatic rings. The molecule has 3 aromatic rings. The number of aromatic nitrogens is 5. The Hall–Kier alpha value is -2.54. The predicted molar refractivity (Wildman–Crippen MR) is 96.1 cm³/mol. The van der Waals surface area contributed by atoms with E-state index < -0.39 is 0 Å². The largest absolute Gasteiger partial charge is 0.365 e. The van der Waals surface area contributed by atoms with Crippen molar-refractivity contribution in [1.29, 1.82) is 0 Å². The topological polar surface area (TPSA) is 71.2 Å². The van der Waals surface area contributed by atoms with Gasteiger partial charge in [-0.2, -0.15) is 0 Å². The lowest BCUT2D eigenvalue weighted by Gasteiger charge is -2.33. The van der Waals surface area contributed by atoms with Gasteiger partial charge in [-0.1, -0.05) is 30.7 Å². The van der Waals surface area contributed by atoms with Gasteiger partial charge in [0.2, 0.25) is 0 Å². The molecule has 7 heteroatoms. The maximum atomic E-state index is 4.32. The van der Waals surface area contributed by atoms with Crippen LogP contribution in [0.15, 0.2) is 36.4 Å². The van der Waals surface area contributed by atoms with E-state index in [0.29, 0.717) is 11.7 Å². The summed E-state index contributed by atoms with van der Waals surface area (Å²) in [5.74, 6) is 0.756. The van der Waals surface area contributed by atoms with E-state index in [1.165, 1.54) is 41.6 Å². The molecule has 0 radical (unpaired) electrons. The van der Waals surface area contributed by atoms with Gasteiger partial charge in [-0.05, 0) is 60.0 Å². The number of rotatable bonds is 5. The molecule has 3 heterocycles. The summed E-state index contributed by atoms with van der Waals surface area (Å²) in [5, 5.41) is 18.9. The Morgan fingerprint density at radius 3 is 2.76 bits per heavy atom. The minimum absolute atomic E-state index is 0.641. The quantitative estimate of drug-likeness (QED) is 0.771. The van der Waals surface area contributed by atoms with Crippen molar-refractivity contribution in [2.24, 2.45) is 0 Å². The number of anilines is 1. The molecule has 1 aliphatic heterocycles. The lowest BCUT2D eigenvalue weighted by molar-refractivity contribution is 0.152. The minimum Gasteiger partial charge on any atom is -0.365 e. The van der Waals surface area contributed by atoms with Gasteiger partial charge < -0.3 is 5.32 Å². The Morgan fingerprint density at radius 2 is 1.92 bits per heavy atom. The van der Waals surface area contributed by atoms with Crippen LogP contribution < -0.4 is 5.32 Å². The molecule has 4 rings (SSSR count). The fraction of sp³-hybridized carbons (Fsp3) is 0.444. The van der Waals surface area contributed by atoms with Crippen molar-refractivity contribution in [2.75, 3.05) is 11.9 Å². The van der Waals surface area contributed by atoms with E-state index in [1.54, 1.807) is 0 Å². The minimum atomic E-state index is 0.641. The van der Waals surface area contributed by atoms with E-state index in [2.05, 4.69) is 62.0 Å². The van der Waals surface area contributed by atoms with E-state index in [4.69, 9.17) is 0 Å². The van der Waals surface area contributed by atoms with Gasteiger partial charge in [-0.25, -0.2) is 0 Å². The molecule has 0 aliphatic carbocycles. The van der Waals surface area contributed by atoms with E-state index in [-0.39, 0.29) is 0 Å². The van der Waals surface area contributed by atoms with Crippen LogP contribution in [0.2, 0.25) is 0 Å². The molecular weight excluding hydrogens is 314 g/mol. The highest BCUT2D eigenvalue weighted by atomic mass is 15.6. The van der Waals surface area contributed by atoms with Crippen molar-refractivity contribution in [3.63, 3.8) is 0 Å². The summed E-state index contributed by atoms with van der Waals surface area (Å²) >= 11 is 0. The average Bonchev–Trinajstić information content (AvgIpc) is 3.11. The molecule has 1 saturated heterocycles. The maximum absolute atomic E-state index is 4.32. The molecule has 1 atom stereocenters. The van der Waals surface area contributed by atoms with E-state index in [9.17, 15) is 0 Å². The first kappa shape index (κ1) is 16.0. The number of nitrogens with zero attached hydrogens (tertiary/aromatic N) is 6. The van der Waals surface area contributed by atoms with Crippen molar-refractivity contribution >= 4 is 11.5 Å². The Bertz CT molecular complexity index is 827. The van der Waals surface area contributed by atoms with Crippen molar-refractivity contribution < 1.29 is 0 Å². The van der Waals surface area contributed by atoms with E-state index in [1.807, 2.05) is 12.1 Å². The third kappa shape index (κ3) is 3.76. The molecule has 25 heavy (non-hydrogen) atoms. The van der Waals surface area contributed by atoms with Crippen molar-refractivity contribution in [3.05, 3.63) is 47.5 Å². The average molecular weight is 337 g/mol. The molecule has 0 unspecified atom stereocenters. The van der Waals surface area contributed by atoms with Gasteiger partial charge in [0.05, 0.1) is 0 Å². The third-order valence-electron chi connectivity index (χ3n) is 4.89. The number of benzene rings is 1. The second kappa shape index (κ2) is 7.14. The first-order valence-corrected chi connectivity index (χ1v) is 8.89. The van der Waals surface area contributed by atoms with Crippen LogP contribution in [0.25, 0.3) is 5.65 Å². The monoisotopic (exact) mass is 337 g/mol. The van der Waals surface area contributed by atoms with E-state index >= 15 is 0 Å². The van der Waals surface area contributed by atoms with E-state index in [0.717, 1.165) is 18.9 Å². The number of hydrogen-bond acceptors (Lipinski definition) is 6. The SMILES string of the molecule is C[C@H]1CCCCN1Cc1ccc(CNc2ccc3nnnn3n2)cc1. The molecule has 7 nitrogen and oxygen atoms in total. The Morgan fingerprint density at radius 1 is 1.08 bits per heavy atom. The molecule has 130 valence electrons. The van der Waals surface area contributed by atoms with Crippen LogP contribution in [0.1, 0.15) is 37.3 Å². The second-order valence-corrected chi connectivity index (χ2v) is 6.73. The van der Waals surface area contributed by atoms with Gasteiger partial charge in [0.15, 0.2) is 5.65 Å². The highest BCUT2D eigenvalue weighted by molar-refractivity contribution is 5.42. The highest BCUT2D eigenvalue weighted by Crippen LogP contribution is 2.19. The molecule has 0 spiro atoms. The first-order valence-electron chi connectivity index (χ1n) is 8.89. The smallest absolute Gasteiger partial charge is 0.200 e. The van der Waals surface area contributed by atoms with Crippen molar-refractivity contribution in [2.45, 2.75) is 45.3 Å². The molecule has 0 amide bonds. The predicted octanol–water partition coefficient (Wildman–Crippen LogP) is 2.51. The summed E-state index contributed by atoms with van der Waals surface area (Å²) in [6, 6.07) is 13.3. The van der Waals surface area contributed by atoms with Gasteiger partial charge in [-0.3, -0.25) is 4.90 Å². The number of likely N-dealkylation sites (tertiary alicyclic amines) is 1. The van der Waals surface area contributed by atoms with Crippen LogP contribution in [0.3, 0.4) is 0 Å². The Labute approximate surface area is 147 Å². The molecule has 0 saturated carbocycles. The first-order chi connectivity index (χ1) is 12.3. The summed E-state index contributed by atoms with van der Waals surface area (Å²) in [7, 11) is 0. The summed E-state index contributed by atoms with van der Waals surface area (Å²) in [5.41, 5.74) is 3.25. The number of nitrogens with one attached hydrogen (secondary N) is 1. The van der Waals surface area contributed by atoms with Crippen LogP contribution >= 0.6 is 0 Å². The van der Waals surface area contributed by atoms with Crippen LogP contribution in [-0.4, -0.2) is 42.7 Å². The van der Waals surface area contributed by atoms with Crippen molar-refractivity contribution in [3.8, 4) is 0 Å². The molecule has 0 bridgehead atoms. The van der Waals surface area contributed by atoms with Gasteiger partial charge in [0.1, 0.15) is 5.82 Å². The molecule has 1 fully saturated rings. The normalized spacial score (nSPS) is 18.5. The standard InChI is InChI=1S/C18H23N7/c1-14-4-2-3-11-24(14)13-16-7-5-15(6-8-16)12-19-17-9-10-18-20-22-23-25(18)21-17/h5-10,14H,2-4,11-13H2,1H3,(H,19,21)/t14-/m0/s1. The fourth-order valence-electron chi connectivity index (χ4n) is 3.33. The third-order valence-corrected chi connectivity index (χ3v) is 4.89. The number of tetrazole rings is 1. The molecule has 1 aromatic carbocycles. The van der Waals surface area contributed by atoms with Crippen molar-refractivity contribution in [1.82, 2.24) is 30.2 Å². The zero-order valence-electron chi connectivity index (χ0n) is 14.5. The number of piperidine rings is 1. The lowest BCUT2D eigenvalue weighted by Crippen LogP contribution is -2.36. The van der Waals surface area contributed by atoms with Crippen LogP contribution in [-0.2, 0) is 13.1 Å². The van der Waals surface area contributed by atoms with Gasteiger partial charge in [0.25, 0.3) is 0 Å². The van der Waals surface area contributed by atoms with Crippen LogP contribution in [0, 0.1) is 0 Å². The summed E-state index contributed by atoms with van der Waals surface area (Å²) < 4.78 is 1.42. The Kier molecular flexibility index (Phi) is 4.56. The molecule has 2 aromatic heterocycles. The summed E-state index contributed by atoms with van der Waals surface area (Å²) in [4.78, 5) is 2.59. The molecule has 1 N–H and O–H groups in total. The second-order valence-electron chi connectivity index (χ2n) is 6.73. The Balaban J connectivity index is 1.35. The zero-order valence-corrected chi connectivity index (χ0v) is 14.5. The van der Waals surface area contributed by atoms with Gasteiger partial charge in [0, 0.05) is 19.1 Å². The maximum Gasteiger partial charge on any atom is 0.200 e. The van der Waals surface area contributed by atoms with Crippen LogP contribution in [0.4, 0.5) is 5.82 Å². The van der Waals surface area contributed by atoms with Gasteiger partial charge >= 0.3 is 0 Å². The summed E-state index contributed by atoms with van der Waals surface area (Å²) in [6.45, 7) is 5.33. The molecular formula is C18H23N7.